The molecule has 2 amide bonds. The highest BCUT2D eigenvalue weighted by molar-refractivity contribution is 7.15. The Morgan fingerprint density at radius 1 is 1.13 bits per heavy atom. The number of hydrogen-bond acceptors (Lipinski definition) is 6. The van der Waals surface area contributed by atoms with Crippen molar-refractivity contribution in [2.24, 2.45) is 0 Å². The average molecular weight is 421 g/mol. The number of para-hydroxylation sites is 2. The summed E-state index contributed by atoms with van der Waals surface area (Å²) in [6.45, 7) is 1.05. The Morgan fingerprint density at radius 3 is 2.47 bits per heavy atom. The van der Waals surface area contributed by atoms with Crippen LogP contribution in [0.25, 0.3) is 0 Å². The minimum atomic E-state index is -0.551. The lowest BCUT2D eigenvalue weighted by molar-refractivity contribution is -0.132. The van der Waals surface area contributed by atoms with Crippen molar-refractivity contribution in [3.05, 3.63) is 70.2 Å². The van der Waals surface area contributed by atoms with Gasteiger partial charge < -0.3 is 14.4 Å². The van der Waals surface area contributed by atoms with Gasteiger partial charge in [-0.05, 0) is 12.1 Å². The first-order valence-corrected chi connectivity index (χ1v) is 10.4. The molecule has 0 unspecified atom stereocenters. The molecule has 0 saturated carbocycles. The van der Waals surface area contributed by atoms with Gasteiger partial charge in [0, 0.05) is 29.0 Å². The Bertz CT molecular complexity index is 1100. The van der Waals surface area contributed by atoms with Crippen LogP contribution in [0.15, 0.2) is 48.5 Å². The molecule has 0 fully saturated rings. The van der Waals surface area contributed by atoms with Gasteiger partial charge >= 0.3 is 6.09 Å². The van der Waals surface area contributed by atoms with Crippen molar-refractivity contribution in [3.63, 3.8) is 0 Å². The molecule has 0 radical (unpaired) electrons. The van der Waals surface area contributed by atoms with Crippen LogP contribution >= 0.6 is 11.3 Å². The number of hydrogen-bond donors (Lipinski definition) is 1. The minimum absolute atomic E-state index is 0.0414. The molecule has 1 aromatic heterocycles. The third kappa shape index (κ3) is 3.19. The molecular weight excluding hydrogens is 402 g/mol. The van der Waals surface area contributed by atoms with E-state index in [0.717, 1.165) is 33.2 Å². The average Bonchev–Trinajstić information content (AvgIpc) is 3.18. The maximum atomic E-state index is 13.7. The molecule has 0 saturated heterocycles. The molecule has 3 heterocycles. The van der Waals surface area contributed by atoms with Crippen molar-refractivity contribution in [2.75, 3.05) is 19.0 Å². The Hall–Kier alpha value is -3.39. The van der Waals surface area contributed by atoms with Crippen molar-refractivity contribution in [3.8, 4) is 11.5 Å². The van der Waals surface area contributed by atoms with Crippen molar-refractivity contribution in [1.82, 2.24) is 9.88 Å². The molecule has 0 bridgehead atoms. The summed E-state index contributed by atoms with van der Waals surface area (Å²) in [5.41, 5.74) is 2.68. The number of anilines is 1. The number of thiazole rings is 1. The van der Waals surface area contributed by atoms with Crippen LogP contribution in [-0.4, -0.2) is 35.5 Å². The predicted molar refractivity (Wildman–Crippen MR) is 112 cm³/mol. The Kier molecular flexibility index (Phi) is 4.63. The summed E-state index contributed by atoms with van der Waals surface area (Å²) >= 11 is 1.38. The summed E-state index contributed by atoms with van der Waals surface area (Å²) in [6.07, 6.45) is 0.0943. The zero-order valence-electron chi connectivity index (χ0n) is 16.3. The zero-order valence-corrected chi connectivity index (χ0v) is 17.1. The van der Waals surface area contributed by atoms with E-state index in [9.17, 15) is 9.59 Å². The van der Waals surface area contributed by atoms with Crippen LogP contribution in [0.2, 0.25) is 0 Å². The largest absolute Gasteiger partial charge is 0.457 e. The molecule has 30 heavy (non-hydrogen) atoms. The van der Waals surface area contributed by atoms with Crippen LogP contribution < -0.4 is 10.1 Å². The van der Waals surface area contributed by atoms with Crippen LogP contribution in [0.3, 0.4) is 0 Å². The summed E-state index contributed by atoms with van der Waals surface area (Å²) in [6, 6.07) is 15.4. The summed E-state index contributed by atoms with van der Waals surface area (Å²) in [5, 5.41) is 3.10. The van der Waals surface area contributed by atoms with Gasteiger partial charge in [0.2, 0.25) is 5.91 Å². The second kappa shape index (κ2) is 7.46. The van der Waals surface area contributed by atoms with Crippen molar-refractivity contribution >= 4 is 28.5 Å². The second-order valence-electron chi connectivity index (χ2n) is 7.13. The molecule has 1 N–H and O–H groups in total. The van der Waals surface area contributed by atoms with Crippen LogP contribution in [-0.2, 0) is 22.5 Å². The number of amides is 2. The topological polar surface area (TPSA) is 80.8 Å². The summed E-state index contributed by atoms with van der Waals surface area (Å²) in [4.78, 5) is 32.5. The third-order valence-corrected chi connectivity index (χ3v) is 6.36. The van der Waals surface area contributed by atoms with Crippen LogP contribution in [0.5, 0.6) is 11.5 Å². The summed E-state index contributed by atoms with van der Waals surface area (Å²) in [7, 11) is 1.31. The molecule has 0 spiro atoms. The summed E-state index contributed by atoms with van der Waals surface area (Å²) in [5.74, 6) is 1.07. The Balaban J connectivity index is 1.44. The molecule has 152 valence electrons. The maximum Gasteiger partial charge on any atom is 0.413 e. The highest BCUT2D eigenvalue weighted by Gasteiger charge is 2.36. The number of ether oxygens (including phenoxy) is 2. The first kappa shape index (κ1) is 18.6. The lowest BCUT2D eigenvalue weighted by Gasteiger charge is -2.33. The fraction of sp³-hybridized carbons (Fsp3) is 0.227. The zero-order chi connectivity index (χ0) is 20.7. The molecule has 5 rings (SSSR count). The van der Waals surface area contributed by atoms with Gasteiger partial charge in [-0.2, -0.15) is 0 Å². The van der Waals surface area contributed by atoms with Crippen LogP contribution in [0.1, 0.15) is 27.6 Å². The molecule has 2 aromatic carbocycles. The van der Waals surface area contributed by atoms with E-state index in [-0.39, 0.29) is 5.91 Å². The smallest absolute Gasteiger partial charge is 0.413 e. The number of nitrogens with one attached hydrogen (secondary N) is 1. The van der Waals surface area contributed by atoms with Crippen molar-refractivity contribution in [1.29, 1.82) is 0 Å². The van der Waals surface area contributed by atoms with E-state index in [4.69, 9.17) is 4.74 Å². The van der Waals surface area contributed by atoms with Gasteiger partial charge in [-0.3, -0.25) is 10.1 Å². The predicted octanol–water partition coefficient (Wildman–Crippen LogP) is 4.14. The van der Waals surface area contributed by atoms with E-state index in [0.29, 0.717) is 24.6 Å². The standard InChI is InChI=1S/C22H19N3O4S/c1-28-22(27)24-21-23-15-10-11-25(12-18(15)30-21)20(26)19-13-6-2-4-8-16(13)29-17-9-5-3-7-14(17)19/h2-9,19H,10-12H2,1H3,(H,23,24,27). The van der Waals surface area contributed by atoms with Gasteiger partial charge in [-0.25, -0.2) is 9.78 Å². The van der Waals surface area contributed by atoms with Gasteiger partial charge in [0.1, 0.15) is 11.5 Å². The minimum Gasteiger partial charge on any atom is -0.457 e. The molecule has 0 atom stereocenters. The lowest BCUT2D eigenvalue weighted by atomic mass is 9.86. The maximum absolute atomic E-state index is 13.7. The number of methoxy groups -OCH3 is 1. The number of rotatable bonds is 2. The van der Waals surface area contributed by atoms with Gasteiger partial charge in [0.05, 0.1) is 25.3 Å². The van der Waals surface area contributed by atoms with E-state index >= 15 is 0 Å². The van der Waals surface area contributed by atoms with Gasteiger partial charge in [-0.15, -0.1) is 0 Å². The number of carbonyl (C=O) groups excluding carboxylic acids is 2. The van der Waals surface area contributed by atoms with Gasteiger partial charge in [-0.1, -0.05) is 47.7 Å². The monoisotopic (exact) mass is 421 g/mol. The molecule has 2 aliphatic rings. The summed E-state index contributed by atoms with van der Waals surface area (Å²) < 4.78 is 10.7. The van der Waals surface area contributed by atoms with Crippen LogP contribution in [0.4, 0.5) is 9.93 Å². The molecule has 0 aliphatic carbocycles. The Morgan fingerprint density at radius 2 is 1.80 bits per heavy atom. The van der Waals surface area contributed by atoms with E-state index in [1.807, 2.05) is 53.4 Å². The van der Waals surface area contributed by atoms with Crippen molar-refractivity contribution < 1.29 is 19.1 Å². The number of fused-ring (bicyclic) bond motifs is 3. The SMILES string of the molecule is COC(=O)Nc1nc2c(s1)CN(C(=O)C1c3ccccc3Oc3ccccc31)CC2. The number of carbonyl (C=O) groups is 2. The highest BCUT2D eigenvalue weighted by atomic mass is 32.1. The third-order valence-electron chi connectivity index (χ3n) is 5.36. The Labute approximate surface area is 177 Å². The fourth-order valence-electron chi connectivity index (χ4n) is 3.93. The van der Waals surface area contributed by atoms with Gasteiger partial charge in [0.25, 0.3) is 0 Å². The highest BCUT2D eigenvalue weighted by Crippen LogP contribution is 2.45. The lowest BCUT2D eigenvalue weighted by Crippen LogP contribution is -2.39. The van der Waals surface area contributed by atoms with Crippen molar-refractivity contribution in [2.45, 2.75) is 18.9 Å². The van der Waals surface area contributed by atoms with E-state index in [2.05, 4.69) is 15.0 Å². The quantitative estimate of drug-likeness (QED) is 0.673. The second-order valence-corrected chi connectivity index (χ2v) is 8.21. The van der Waals surface area contributed by atoms with E-state index in [1.54, 1.807) is 0 Å². The first-order valence-electron chi connectivity index (χ1n) is 9.62. The van der Waals surface area contributed by atoms with Gasteiger partial charge in [0.15, 0.2) is 5.13 Å². The number of nitrogens with zero attached hydrogens (tertiary/aromatic N) is 2. The van der Waals surface area contributed by atoms with Crippen LogP contribution in [0, 0.1) is 0 Å². The number of benzene rings is 2. The molecule has 2 aliphatic heterocycles. The fourth-order valence-corrected chi connectivity index (χ4v) is 4.94. The van der Waals surface area contributed by atoms with E-state index in [1.165, 1.54) is 18.4 Å². The molecule has 7 nitrogen and oxygen atoms in total. The number of aromatic nitrogens is 1. The molecule has 3 aromatic rings. The normalized spacial score (nSPS) is 14.8. The molecular formula is C22H19N3O4S. The first-order chi connectivity index (χ1) is 14.6. The van der Waals surface area contributed by atoms with E-state index < -0.39 is 12.0 Å². The molecule has 8 heteroatoms.